The predicted molar refractivity (Wildman–Crippen MR) is 229 cm³/mol. The lowest BCUT2D eigenvalue weighted by Crippen LogP contribution is -2.10. The standard InChI is InChI=1S/C52H33NO2/c1-2-16-43-35(10-1)11-9-19-44(43)39-14-7-12-36(30-39)37-13-8-15-41(31-37)53(42-27-29-52-48(33-42)46-18-4-6-21-50(46)55-52)40-25-22-34(23-26-40)38-24-28-51-47(32-38)45-17-3-5-20-49(45)54-51/h1-33H. The Morgan fingerprint density at radius 3 is 1.56 bits per heavy atom. The third kappa shape index (κ3) is 5.36. The molecule has 55 heavy (non-hydrogen) atoms. The van der Waals surface area contributed by atoms with Gasteiger partial charge in [-0.05, 0) is 117 Å². The monoisotopic (exact) mass is 703 g/mol. The lowest BCUT2D eigenvalue weighted by Gasteiger charge is -2.26. The van der Waals surface area contributed by atoms with E-state index in [2.05, 4.69) is 181 Å². The highest BCUT2D eigenvalue weighted by molar-refractivity contribution is 6.07. The minimum absolute atomic E-state index is 0.876. The molecule has 11 rings (SSSR count). The molecule has 2 heterocycles. The average Bonchev–Trinajstić information content (AvgIpc) is 3.82. The van der Waals surface area contributed by atoms with Gasteiger partial charge in [-0.1, -0.05) is 127 Å². The van der Waals surface area contributed by atoms with Crippen LogP contribution in [0.5, 0.6) is 0 Å². The lowest BCUT2D eigenvalue weighted by atomic mass is 9.95. The van der Waals surface area contributed by atoms with Crippen LogP contribution in [0.1, 0.15) is 0 Å². The molecule has 0 fully saturated rings. The van der Waals surface area contributed by atoms with Crippen LogP contribution in [0.2, 0.25) is 0 Å². The molecule has 258 valence electrons. The Bertz CT molecular complexity index is 3220. The minimum Gasteiger partial charge on any atom is -0.456 e. The minimum atomic E-state index is 0.876. The van der Waals surface area contributed by atoms with E-state index >= 15 is 0 Å². The Balaban J connectivity index is 1.03. The fraction of sp³-hybridized carbons (Fsp3) is 0. The summed E-state index contributed by atoms with van der Waals surface area (Å²) in [6.07, 6.45) is 0. The number of nitrogens with zero attached hydrogens (tertiary/aromatic N) is 1. The number of anilines is 3. The van der Waals surface area contributed by atoms with Gasteiger partial charge < -0.3 is 13.7 Å². The van der Waals surface area contributed by atoms with Gasteiger partial charge in [0.1, 0.15) is 22.3 Å². The predicted octanol–water partition coefficient (Wildman–Crippen LogP) is 15.1. The Morgan fingerprint density at radius 1 is 0.273 bits per heavy atom. The van der Waals surface area contributed by atoms with Gasteiger partial charge in [-0.3, -0.25) is 0 Å². The highest BCUT2D eigenvalue weighted by Crippen LogP contribution is 2.41. The van der Waals surface area contributed by atoms with E-state index in [0.29, 0.717) is 0 Å². The molecule has 0 aliphatic carbocycles. The average molecular weight is 704 g/mol. The molecule has 0 radical (unpaired) electrons. The highest BCUT2D eigenvalue weighted by Gasteiger charge is 2.17. The molecule has 0 aliphatic rings. The van der Waals surface area contributed by atoms with Crippen molar-refractivity contribution in [2.75, 3.05) is 4.90 Å². The van der Waals surface area contributed by atoms with E-state index in [1.165, 1.54) is 27.5 Å². The zero-order valence-corrected chi connectivity index (χ0v) is 29.8. The summed E-state index contributed by atoms with van der Waals surface area (Å²) in [6.45, 7) is 0. The highest BCUT2D eigenvalue weighted by atomic mass is 16.3. The number of benzene rings is 9. The summed E-state index contributed by atoms with van der Waals surface area (Å²) in [5, 5.41) is 6.95. The van der Waals surface area contributed by atoms with Crippen LogP contribution in [0.15, 0.2) is 209 Å². The van der Waals surface area contributed by atoms with Crippen molar-refractivity contribution in [3.63, 3.8) is 0 Å². The number of rotatable bonds is 6. The normalized spacial score (nSPS) is 11.6. The van der Waals surface area contributed by atoms with Crippen molar-refractivity contribution in [1.29, 1.82) is 0 Å². The van der Waals surface area contributed by atoms with Gasteiger partial charge in [-0.15, -0.1) is 0 Å². The fourth-order valence-corrected chi connectivity index (χ4v) is 8.18. The third-order valence-corrected chi connectivity index (χ3v) is 10.9. The molecule has 0 atom stereocenters. The molecule has 0 N–H and O–H groups in total. The largest absolute Gasteiger partial charge is 0.456 e. The maximum absolute atomic E-state index is 6.24. The maximum Gasteiger partial charge on any atom is 0.135 e. The molecule has 0 unspecified atom stereocenters. The van der Waals surface area contributed by atoms with Crippen LogP contribution < -0.4 is 4.90 Å². The van der Waals surface area contributed by atoms with Crippen molar-refractivity contribution in [2.24, 2.45) is 0 Å². The SMILES string of the molecule is c1cc(-c2cccc(N(c3ccc(-c4ccc5oc6ccccc6c5c4)cc3)c3ccc4oc5ccccc5c4c3)c2)cc(-c2cccc3ccccc23)c1. The number of hydrogen-bond acceptors (Lipinski definition) is 3. The van der Waals surface area contributed by atoms with Gasteiger partial charge in [0, 0.05) is 38.6 Å². The number of para-hydroxylation sites is 2. The van der Waals surface area contributed by atoms with E-state index in [1.807, 2.05) is 24.3 Å². The Morgan fingerprint density at radius 2 is 0.782 bits per heavy atom. The molecular formula is C52H33NO2. The maximum atomic E-state index is 6.24. The number of hydrogen-bond donors (Lipinski definition) is 0. The van der Waals surface area contributed by atoms with Crippen molar-refractivity contribution in [1.82, 2.24) is 0 Å². The van der Waals surface area contributed by atoms with Crippen LogP contribution >= 0.6 is 0 Å². The molecule has 0 spiro atoms. The molecule has 11 aromatic rings. The van der Waals surface area contributed by atoms with Gasteiger partial charge in [-0.2, -0.15) is 0 Å². The van der Waals surface area contributed by atoms with Gasteiger partial charge in [0.25, 0.3) is 0 Å². The quantitative estimate of drug-likeness (QED) is 0.173. The van der Waals surface area contributed by atoms with Gasteiger partial charge in [0.2, 0.25) is 0 Å². The Hall–Kier alpha value is -7.36. The number of fused-ring (bicyclic) bond motifs is 7. The van der Waals surface area contributed by atoms with Crippen LogP contribution in [-0.2, 0) is 0 Å². The molecule has 9 aromatic carbocycles. The lowest BCUT2D eigenvalue weighted by molar-refractivity contribution is 0.668. The first-order chi connectivity index (χ1) is 27.2. The first-order valence-corrected chi connectivity index (χ1v) is 18.7. The number of furan rings is 2. The molecule has 0 aliphatic heterocycles. The fourth-order valence-electron chi connectivity index (χ4n) is 8.18. The summed E-state index contributed by atoms with van der Waals surface area (Å²) in [6, 6.07) is 71.2. The van der Waals surface area contributed by atoms with E-state index in [0.717, 1.165) is 77.6 Å². The van der Waals surface area contributed by atoms with Gasteiger partial charge in [0.05, 0.1) is 0 Å². The second-order valence-corrected chi connectivity index (χ2v) is 14.1. The summed E-state index contributed by atoms with van der Waals surface area (Å²) >= 11 is 0. The van der Waals surface area contributed by atoms with Crippen LogP contribution in [0.3, 0.4) is 0 Å². The molecule has 3 heteroatoms. The van der Waals surface area contributed by atoms with Crippen molar-refractivity contribution in [3.8, 4) is 33.4 Å². The zero-order chi connectivity index (χ0) is 36.3. The summed E-state index contributed by atoms with van der Waals surface area (Å²) in [7, 11) is 0. The molecule has 0 saturated carbocycles. The molecule has 3 nitrogen and oxygen atoms in total. The van der Waals surface area contributed by atoms with E-state index in [-0.39, 0.29) is 0 Å². The van der Waals surface area contributed by atoms with Gasteiger partial charge in [-0.25, -0.2) is 0 Å². The third-order valence-electron chi connectivity index (χ3n) is 10.9. The summed E-state index contributed by atoms with van der Waals surface area (Å²) in [5.41, 5.74) is 13.8. The molecule has 2 aromatic heterocycles. The smallest absolute Gasteiger partial charge is 0.135 e. The summed E-state index contributed by atoms with van der Waals surface area (Å²) in [4.78, 5) is 2.34. The second kappa shape index (κ2) is 12.6. The van der Waals surface area contributed by atoms with E-state index in [9.17, 15) is 0 Å². The van der Waals surface area contributed by atoms with E-state index in [1.54, 1.807) is 0 Å². The van der Waals surface area contributed by atoms with Crippen molar-refractivity contribution in [3.05, 3.63) is 200 Å². The summed E-state index contributed by atoms with van der Waals surface area (Å²) in [5.74, 6) is 0. The first kappa shape index (κ1) is 31.2. The van der Waals surface area contributed by atoms with Gasteiger partial charge in [0.15, 0.2) is 0 Å². The molecular weight excluding hydrogens is 671 g/mol. The first-order valence-electron chi connectivity index (χ1n) is 18.7. The molecule has 0 amide bonds. The molecule has 0 bridgehead atoms. The Kier molecular flexibility index (Phi) is 7.17. The molecule has 0 saturated heterocycles. The topological polar surface area (TPSA) is 29.5 Å². The van der Waals surface area contributed by atoms with Crippen molar-refractivity contribution in [2.45, 2.75) is 0 Å². The van der Waals surface area contributed by atoms with Crippen LogP contribution in [0.4, 0.5) is 17.1 Å². The Labute approximate surface area is 317 Å². The zero-order valence-electron chi connectivity index (χ0n) is 29.8. The summed E-state index contributed by atoms with van der Waals surface area (Å²) < 4.78 is 12.4. The van der Waals surface area contributed by atoms with Crippen molar-refractivity contribution < 1.29 is 8.83 Å². The van der Waals surface area contributed by atoms with Gasteiger partial charge >= 0.3 is 0 Å². The van der Waals surface area contributed by atoms with Crippen LogP contribution in [0.25, 0.3) is 88.0 Å². The van der Waals surface area contributed by atoms with Crippen molar-refractivity contribution >= 4 is 71.7 Å². The second-order valence-electron chi connectivity index (χ2n) is 14.1. The van der Waals surface area contributed by atoms with Crippen LogP contribution in [0, 0.1) is 0 Å². The van der Waals surface area contributed by atoms with E-state index in [4.69, 9.17) is 8.83 Å². The van der Waals surface area contributed by atoms with Crippen LogP contribution in [-0.4, -0.2) is 0 Å². The van der Waals surface area contributed by atoms with E-state index < -0.39 is 0 Å².